The number of quaternary nitrogens is 1. The second-order valence-corrected chi connectivity index (χ2v) is 5.23. The summed E-state index contributed by atoms with van der Waals surface area (Å²) in [5.41, 5.74) is 3.37. The molecule has 2 aromatic rings. The summed E-state index contributed by atoms with van der Waals surface area (Å²) < 4.78 is 18.6. The smallest absolute Gasteiger partial charge is 0.291 e. The topological polar surface area (TPSA) is 102 Å². The van der Waals surface area contributed by atoms with E-state index in [9.17, 15) is 9.18 Å². The molecule has 25 heavy (non-hydrogen) atoms. The van der Waals surface area contributed by atoms with E-state index in [0.29, 0.717) is 17.1 Å². The van der Waals surface area contributed by atoms with Crippen molar-refractivity contribution in [2.75, 3.05) is 7.11 Å². The minimum atomic E-state index is -0.659. The van der Waals surface area contributed by atoms with Crippen LogP contribution in [-0.2, 0) is 4.79 Å². The van der Waals surface area contributed by atoms with E-state index >= 15 is 0 Å². The number of nitrogens with zero attached hydrogens (tertiary/aromatic N) is 4. The van der Waals surface area contributed by atoms with Crippen molar-refractivity contribution in [3.8, 4) is 5.88 Å². The van der Waals surface area contributed by atoms with Crippen molar-refractivity contribution >= 4 is 28.7 Å². The number of ether oxygens (including phenoxy) is 1. The Balaban J connectivity index is 2.24. The fraction of sp³-hybridized carbons (Fsp3) is 0.125. The molecule has 0 bridgehead atoms. The predicted octanol–water partition coefficient (Wildman–Crippen LogP) is 1.60. The van der Waals surface area contributed by atoms with Gasteiger partial charge in [-0.15, -0.1) is 0 Å². The van der Waals surface area contributed by atoms with Crippen LogP contribution in [0.25, 0.3) is 0 Å². The van der Waals surface area contributed by atoms with Crippen LogP contribution in [0.15, 0.2) is 52.8 Å². The number of amides is 1. The first-order chi connectivity index (χ1) is 12.0. The molecule has 1 aromatic carbocycles. The van der Waals surface area contributed by atoms with E-state index in [1.165, 1.54) is 19.4 Å². The number of rotatable bonds is 4. The molecule has 0 fully saturated rings. The second kappa shape index (κ2) is 6.38. The lowest BCUT2D eigenvalue weighted by Gasteiger charge is -2.21. The molecule has 0 saturated carbocycles. The van der Waals surface area contributed by atoms with Gasteiger partial charge in [-0.2, -0.15) is 0 Å². The number of nitrogens with one attached hydrogen (secondary N) is 1. The maximum absolute atomic E-state index is 14.2. The number of hydrogen-bond acceptors (Lipinski definition) is 6. The van der Waals surface area contributed by atoms with Crippen LogP contribution in [0.3, 0.4) is 0 Å². The number of benzene rings is 1. The number of hydrazine groups is 1. The molecule has 8 nitrogen and oxygen atoms in total. The van der Waals surface area contributed by atoms with Crippen molar-refractivity contribution < 1.29 is 13.9 Å². The number of methoxy groups -OCH3 is 1. The number of pyridine rings is 1. The zero-order valence-corrected chi connectivity index (χ0v) is 13.6. The summed E-state index contributed by atoms with van der Waals surface area (Å²) in [6, 6.07) is 10.2. The summed E-state index contributed by atoms with van der Waals surface area (Å²) in [6.07, 6.45) is 1.40. The maximum Gasteiger partial charge on any atom is 0.291 e. The van der Waals surface area contributed by atoms with Crippen LogP contribution in [0.2, 0.25) is 0 Å². The molecule has 1 amide bonds. The standard InChI is InChI=1S/C16H15FN6O2/c1-10-14(15(24)20-18)22-23(21-10,11-6-4-3-5-7-11)12-8-13(17)16(25-2)19-9-12/h3-9H,1-2H3,(H2-,18,20,21,22,24)/p+1. The van der Waals surface area contributed by atoms with E-state index in [1.54, 1.807) is 31.2 Å². The molecule has 2 heterocycles. The van der Waals surface area contributed by atoms with Crippen LogP contribution in [0.1, 0.15) is 6.92 Å². The van der Waals surface area contributed by atoms with Crippen molar-refractivity contribution in [1.29, 1.82) is 0 Å². The summed E-state index contributed by atoms with van der Waals surface area (Å²) >= 11 is 0. The van der Waals surface area contributed by atoms with Gasteiger partial charge in [-0.3, -0.25) is 10.2 Å². The van der Waals surface area contributed by atoms with Crippen molar-refractivity contribution in [2.45, 2.75) is 6.92 Å². The van der Waals surface area contributed by atoms with Gasteiger partial charge in [0.25, 0.3) is 11.8 Å². The number of halogens is 1. The number of carbonyl (C=O) groups excluding carboxylic acids is 1. The van der Waals surface area contributed by atoms with E-state index < -0.39 is 16.4 Å². The Hall–Kier alpha value is -3.17. The number of carbonyl (C=O) groups is 1. The monoisotopic (exact) mass is 343 g/mol. The lowest BCUT2D eigenvalue weighted by atomic mass is 10.2. The van der Waals surface area contributed by atoms with E-state index in [4.69, 9.17) is 10.6 Å². The third-order valence-corrected chi connectivity index (χ3v) is 3.69. The van der Waals surface area contributed by atoms with E-state index in [1.807, 2.05) is 11.5 Å². The largest absolute Gasteiger partial charge is 0.479 e. The van der Waals surface area contributed by atoms with Crippen LogP contribution in [0, 0.1) is 5.82 Å². The van der Waals surface area contributed by atoms with E-state index in [0.717, 1.165) is 0 Å². The van der Waals surface area contributed by atoms with Crippen molar-refractivity contribution in [3.05, 3.63) is 48.4 Å². The Morgan fingerprint density at radius 2 is 1.96 bits per heavy atom. The van der Waals surface area contributed by atoms with Crippen LogP contribution in [-0.4, -0.2) is 29.4 Å². The molecule has 0 aliphatic carbocycles. The van der Waals surface area contributed by atoms with Crippen molar-refractivity contribution in [2.24, 2.45) is 16.0 Å². The van der Waals surface area contributed by atoms with Gasteiger partial charge < -0.3 is 4.74 Å². The minimum Gasteiger partial charge on any atom is -0.479 e. The molecular weight excluding hydrogens is 327 g/mol. The highest BCUT2D eigenvalue weighted by Crippen LogP contribution is 2.39. The summed E-state index contributed by atoms with van der Waals surface area (Å²) in [7, 11) is 1.33. The van der Waals surface area contributed by atoms with Gasteiger partial charge >= 0.3 is 0 Å². The average molecular weight is 343 g/mol. The lowest BCUT2D eigenvalue weighted by Crippen LogP contribution is -2.39. The van der Waals surface area contributed by atoms with Crippen molar-refractivity contribution in [3.63, 3.8) is 0 Å². The molecule has 3 N–H and O–H groups in total. The summed E-state index contributed by atoms with van der Waals surface area (Å²) in [6.45, 7) is 1.63. The fourth-order valence-corrected chi connectivity index (χ4v) is 2.53. The fourth-order valence-electron chi connectivity index (χ4n) is 2.53. The van der Waals surface area contributed by atoms with Gasteiger partial charge in [0.05, 0.1) is 13.3 Å². The summed E-state index contributed by atoms with van der Waals surface area (Å²) in [5, 5.41) is 8.91. The molecule has 0 saturated heterocycles. The highest BCUT2D eigenvalue weighted by Gasteiger charge is 2.44. The van der Waals surface area contributed by atoms with Gasteiger partial charge in [0.1, 0.15) is 5.71 Å². The van der Waals surface area contributed by atoms with Crippen molar-refractivity contribution in [1.82, 2.24) is 15.1 Å². The summed E-state index contributed by atoms with van der Waals surface area (Å²) in [5.74, 6) is 3.83. The first-order valence-electron chi connectivity index (χ1n) is 7.35. The Kier molecular flexibility index (Phi) is 4.26. The number of aromatic nitrogens is 1. The van der Waals surface area contributed by atoms with Crippen LogP contribution in [0.5, 0.6) is 5.88 Å². The van der Waals surface area contributed by atoms with Gasteiger partial charge in [0.15, 0.2) is 11.5 Å². The van der Waals surface area contributed by atoms with Crippen LogP contribution >= 0.6 is 0 Å². The first-order valence-corrected chi connectivity index (χ1v) is 7.35. The normalized spacial score (nSPS) is 19.2. The zero-order chi connectivity index (χ0) is 18.0. The molecule has 1 atom stereocenters. The van der Waals surface area contributed by atoms with Gasteiger partial charge in [-0.1, -0.05) is 18.2 Å². The third-order valence-electron chi connectivity index (χ3n) is 3.69. The molecule has 0 spiro atoms. The third kappa shape index (κ3) is 2.75. The highest BCUT2D eigenvalue weighted by atomic mass is 19.1. The Morgan fingerprint density at radius 3 is 2.56 bits per heavy atom. The molecule has 1 aliphatic heterocycles. The highest BCUT2D eigenvalue weighted by molar-refractivity contribution is 6.67. The number of nitrogens with two attached hydrogens (primary N) is 1. The molecule has 1 unspecified atom stereocenters. The molecule has 9 heteroatoms. The molecule has 3 rings (SSSR count). The van der Waals surface area contributed by atoms with Crippen LogP contribution in [0.4, 0.5) is 15.8 Å². The number of hydrogen-bond donors (Lipinski definition) is 2. The lowest BCUT2D eigenvalue weighted by molar-refractivity contribution is -0.114. The quantitative estimate of drug-likeness (QED) is 0.381. The summed E-state index contributed by atoms with van der Waals surface area (Å²) in [4.78, 5) is 15.9. The Labute approximate surface area is 143 Å². The number of para-hydroxylation sites is 1. The predicted molar refractivity (Wildman–Crippen MR) is 91.5 cm³/mol. The van der Waals surface area contributed by atoms with Gasteiger partial charge in [0.2, 0.25) is 11.4 Å². The molecule has 1 aliphatic rings. The molecule has 128 valence electrons. The second-order valence-electron chi connectivity index (χ2n) is 5.23. The molecular formula is C16H16FN6O2+. The molecule has 0 radical (unpaired) electrons. The first kappa shape index (κ1) is 16.7. The maximum atomic E-state index is 14.2. The van der Waals surface area contributed by atoms with E-state index in [-0.39, 0.29) is 11.6 Å². The van der Waals surface area contributed by atoms with Gasteiger partial charge in [-0.05, 0) is 21.8 Å². The Morgan fingerprint density at radius 1 is 1.24 bits per heavy atom. The SMILES string of the molecule is COc1ncc([N+]2(c3ccccc3)N=C(C)C(C(=O)NN)=N2)cc1F. The van der Waals surface area contributed by atoms with Gasteiger partial charge in [-0.25, -0.2) is 15.2 Å². The zero-order valence-electron chi connectivity index (χ0n) is 13.6. The Bertz CT molecular complexity index is 883. The average Bonchev–Trinajstić information content (AvgIpc) is 3.00. The molecule has 1 aromatic heterocycles. The minimum absolute atomic E-state index is 0.0579. The van der Waals surface area contributed by atoms with Crippen LogP contribution < -0.4 is 20.7 Å². The van der Waals surface area contributed by atoms with E-state index in [2.05, 4.69) is 15.2 Å². The van der Waals surface area contributed by atoms with Gasteiger partial charge in [0, 0.05) is 18.2 Å².